The summed E-state index contributed by atoms with van der Waals surface area (Å²) in [5, 5.41) is 11.1. The van der Waals surface area contributed by atoms with Crippen LogP contribution in [-0.2, 0) is 4.79 Å². The lowest BCUT2D eigenvalue weighted by molar-refractivity contribution is -0.183. The van der Waals surface area contributed by atoms with Crippen LogP contribution in [0.25, 0.3) is 0 Å². The maximum Gasteiger partial charge on any atom is 0.391 e. The van der Waals surface area contributed by atoms with Crippen LogP contribution >= 0.6 is 0 Å². The number of alkyl halides is 3. The zero-order valence-corrected chi connectivity index (χ0v) is 10.5. The summed E-state index contributed by atoms with van der Waals surface area (Å²) in [6.45, 7) is 1.59. The molecule has 1 saturated heterocycles. The van der Waals surface area contributed by atoms with Gasteiger partial charge in [-0.25, -0.2) is 9.59 Å². The lowest BCUT2D eigenvalue weighted by Crippen LogP contribution is -2.51. The summed E-state index contributed by atoms with van der Waals surface area (Å²) in [6, 6.07) is -1.62. The van der Waals surface area contributed by atoms with Gasteiger partial charge < -0.3 is 15.3 Å². The van der Waals surface area contributed by atoms with Crippen LogP contribution in [0.1, 0.15) is 26.2 Å². The number of carbonyl (C=O) groups excluding carboxylic acids is 1. The maximum absolute atomic E-state index is 12.4. The highest BCUT2D eigenvalue weighted by Crippen LogP contribution is 2.33. The van der Waals surface area contributed by atoms with Crippen molar-refractivity contribution in [3.05, 3.63) is 0 Å². The number of likely N-dealkylation sites (tertiary alicyclic amines) is 1. The minimum absolute atomic E-state index is 0.00787. The normalized spacial score (nSPS) is 19.1. The Labute approximate surface area is 108 Å². The molecule has 1 heterocycles. The lowest BCUT2D eigenvalue weighted by Gasteiger charge is -2.33. The quantitative estimate of drug-likeness (QED) is 0.829. The van der Waals surface area contributed by atoms with Crippen LogP contribution in [0.15, 0.2) is 0 Å². The fraction of sp³-hybridized carbons (Fsp3) is 0.818. The molecule has 5 nitrogen and oxygen atoms in total. The number of nitrogens with one attached hydrogen (secondary N) is 1. The lowest BCUT2D eigenvalue weighted by atomic mass is 9.96. The van der Waals surface area contributed by atoms with Crippen LogP contribution < -0.4 is 5.32 Å². The van der Waals surface area contributed by atoms with E-state index < -0.39 is 30.1 Å². The van der Waals surface area contributed by atoms with E-state index in [2.05, 4.69) is 5.32 Å². The average Bonchev–Trinajstić information content (AvgIpc) is 2.34. The average molecular weight is 282 g/mol. The minimum atomic E-state index is -4.23. The number of amides is 2. The van der Waals surface area contributed by atoms with E-state index in [4.69, 9.17) is 5.11 Å². The molecule has 1 aliphatic heterocycles. The van der Waals surface area contributed by atoms with Gasteiger partial charge in [-0.05, 0) is 19.3 Å². The molecule has 110 valence electrons. The first-order valence-corrected chi connectivity index (χ1v) is 6.10. The van der Waals surface area contributed by atoms with Crippen molar-refractivity contribution in [1.82, 2.24) is 10.2 Å². The van der Waals surface area contributed by atoms with Crippen LogP contribution in [0.4, 0.5) is 18.0 Å². The van der Waals surface area contributed by atoms with Gasteiger partial charge in [0.1, 0.15) is 6.04 Å². The fourth-order valence-corrected chi connectivity index (χ4v) is 1.99. The van der Waals surface area contributed by atoms with Gasteiger partial charge >= 0.3 is 18.2 Å². The van der Waals surface area contributed by atoms with Gasteiger partial charge in [-0.2, -0.15) is 13.2 Å². The molecular weight excluding hydrogens is 265 g/mol. The number of aliphatic carboxylic acids is 1. The highest BCUT2D eigenvalue weighted by Gasteiger charge is 2.41. The number of nitrogens with zero attached hydrogens (tertiary/aromatic N) is 1. The highest BCUT2D eigenvalue weighted by molar-refractivity contribution is 5.82. The molecule has 0 saturated carbocycles. The number of hydrogen-bond donors (Lipinski definition) is 2. The third kappa shape index (κ3) is 4.29. The standard InChI is InChI=1S/C11H17F3N2O3/c1-2-8(9(17)18)15-10(19)16-5-3-7(4-6-16)11(12,13)14/h7-8H,2-6H2,1H3,(H,15,19)(H,17,18)/t8-/m0/s1. The Kier molecular flexibility index (Phi) is 5.02. The largest absolute Gasteiger partial charge is 0.480 e. The van der Waals surface area contributed by atoms with Crippen molar-refractivity contribution in [3.63, 3.8) is 0 Å². The van der Waals surface area contributed by atoms with E-state index in [0.717, 1.165) is 0 Å². The van der Waals surface area contributed by atoms with Gasteiger partial charge in [0.05, 0.1) is 5.92 Å². The second kappa shape index (κ2) is 6.12. The van der Waals surface area contributed by atoms with Gasteiger partial charge in [0.25, 0.3) is 0 Å². The van der Waals surface area contributed by atoms with Gasteiger partial charge in [0.2, 0.25) is 0 Å². The highest BCUT2D eigenvalue weighted by atomic mass is 19.4. The smallest absolute Gasteiger partial charge is 0.391 e. The van der Waals surface area contributed by atoms with Crippen LogP contribution in [0, 0.1) is 5.92 Å². The zero-order chi connectivity index (χ0) is 14.6. The second-order valence-electron chi connectivity index (χ2n) is 4.55. The molecule has 0 bridgehead atoms. The summed E-state index contributed by atoms with van der Waals surface area (Å²) in [7, 11) is 0. The minimum Gasteiger partial charge on any atom is -0.480 e. The fourth-order valence-electron chi connectivity index (χ4n) is 1.99. The molecule has 2 amide bonds. The Morgan fingerprint density at radius 3 is 2.26 bits per heavy atom. The van der Waals surface area contributed by atoms with Gasteiger partial charge in [-0.15, -0.1) is 0 Å². The number of halogens is 3. The number of carbonyl (C=O) groups is 2. The third-order valence-corrected chi connectivity index (χ3v) is 3.25. The maximum atomic E-state index is 12.4. The molecule has 1 fully saturated rings. The molecule has 8 heteroatoms. The van der Waals surface area contributed by atoms with Crippen molar-refractivity contribution in [2.45, 2.75) is 38.4 Å². The van der Waals surface area contributed by atoms with Crippen LogP contribution in [0.5, 0.6) is 0 Å². The van der Waals surface area contributed by atoms with E-state index in [1.807, 2.05) is 0 Å². The molecule has 0 unspecified atom stereocenters. The van der Waals surface area contributed by atoms with E-state index in [9.17, 15) is 22.8 Å². The van der Waals surface area contributed by atoms with Crippen molar-refractivity contribution in [2.24, 2.45) is 5.92 Å². The molecule has 2 N–H and O–H groups in total. The van der Waals surface area contributed by atoms with Crippen LogP contribution in [0.3, 0.4) is 0 Å². The molecule has 1 atom stereocenters. The van der Waals surface area contributed by atoms with Crippen LogP contribution in [0.2, 0.25) is 0 Å². The van der Waals surface area contributed by atoms with Crippen LogP contribution in [-0.4, -0.2) is 47.3 Å². The van der Waals surface area contributed by atoms with Gasteiger partial charge in [0.15, 0.2) is 0 Å². The molecule has 0 aromatic heterocycles. The van der Waals surface area contributed by atoms with Crippen molar-refractivity contribution in [2.75, 3.05) is 13.1 Å². The number of piperidine rings is 1. The summed E-state index contributed by atoms with van der Waals surface area (Å²) < 4.78 is 37.3. The van der Waals surface area contributed by atoms with Gasteiger partial charge in [-0.1, -0.05) is 6.92 Å². The number of urea groups is 1. The molecule has 0 aliphatic carbocycles. The first-order chi connectivity index (χ1) is 8.75. The summed E-state index contributed by atoms with van der Waals surface area (Å²) in [4.78, 5) is 23.7. The number of rotatable bonds is 3. The SMILES string of the molecule is CC[C@H](NC(=O)N1CCC(C(F)(F)F)CC1)C(=O)O. The predicted octanol–water partition coefficient (Wildman–Crippen LogP) is 1.83. The number of carboxylic acids is 1. The van der Waals surface area contributed by atoms with E-state index in [1.165, 1.54) is 4.90 Å². The van der Waals surface area contributed by atoms with Crippen molar-refractivity contribution in [3.8, 4) is 0 Å². The molecule has 1 aliphatic rings. The molecular formula is C11H17F3N2O3. The molecule has 0 aromatic rings. The topological polar surface area (TPSA) is 69.6 Å². The summed E-state index contributed by atoms with van der Waals surface area (Å²) in [5.41, 5.74) is 0. The van der Waals surface area contributed by atoms with Crippen molar-refractivity contribution in [1.29, 1.82) is 0 Å². The number of carboxylic acid groups (broad SMARTS) is 1. The van der Waals surface area contributed by atoms with E-state index in [-0.39, 0.29) is 32.4 Å². The van der Waals surface area contributed by atoms with Gasteiger partial charge in [0, 0.05) is 13.1 Å². The first kappa shape index (κ1) is 15.6. The Morgan fingerprint density at radius 1 is 1.37 bits per heavy atom. The molecule has 0 aromatic carbocycles. The Balaban J connectivity index is 2.47. The summed E-state index contributed by atoms with van der Waals surface area (Å²) >= 11 is 0. The van der Waals surface area contributed by atoms with E-state index in [1.54, 1.807) is 6.92 Å². The third-order valence-electron chi connectivity index (χ3n) is 3.25. The van der Waals surface area contributed by atoms with Crippen molar-refractivity contribution < 1.29 is 27.9 Å². The number of hydrogen-bond acceptors (Lipinski definition) is 2. The predicted molar refractivity (Wildman–Crippen MR) is 60.6 cm³/mol. The first-order valence-electron chi connectivity index (χ1n) is 6.10. The zero-order valence-electron chi connectivity index (χ0n) is 10.5. The molecule has 19 heavy (non-hydrogen) atoms. The summed E-state index contributed by atoms with van der Waals surface area (Å²) in [6.07, 6.45) is -4.28. The Bertz CT molecular complexity index is 339. The molecule has 0 spiro atoms. The van der Waals surface area contributed by atoms with E-state index in [0.29, 0.717) is 0 Å². The van der Waals surface area contributed by atoms with Crippen molar-refractivity contribution >= 4 is 12.0 Å². The molecule has 0 radical (unpaired) electrons. The van der Waals surface area contributed by atoms with E-state index >= 15 is 0 Å². The Hall–Kier alpha value is -1.47. The van der Waals surface area contributed by atoms with Gasteiger partial charge in [-0.3, -0.25) is 0 Å². The second-order valence-corrected chi connectivity index (χ2v) is 4.55. The summed E-state index contributed by atoms with van der Waals surface area (Å²) in [5.74, 6) is -2.53. The monoisotopic (exact) mass is 282 g/mol. The molecule has 1 rings (SSSR count). The Morgan fingerprint density at radius 2 is 1.89 bits per heavy atom.